The lowest BCUT2D eigenvalue weighted by atomic mass is 10.0. The lowest BCUT2D eigenvalue weighted by molar-refractivity contribution is 0.118. The molecular formula is C10H14O. The first-order chi connectivity index (χ1) is 4.98. The SMILES string of the molecule is C#CCC(C)(O)C=C=C(C)C. The minimum atomic E-state index is -0.911. The molecule has 0 fully saturated rings. The van der Waals surface area contributed by atoms with Crippen molar-refractivity contribution >= 4 is 0 Å². The molecule has 0 saturated heterocycles. The molecule has 0 bridgehead atoms. The number of terminal acetylenes is 1. The van der Waals surface area contributed by atoms with Crippen molar-refractivity contribution in [3.05, 3.63) is 17.4 Å². The predicted octanol–water partition coefficient (Wildman–Crippen LogP) is 1.88. The van der Waals surface area contributed by atoms with E-state index >= 15 is 0 Å². The van der Waals surface area contributed by atoms with Crippen molar-refractivity contribution in [1.29, 1.82) is 0 Å². The van der Waals surface area contributed by atoms with Crippen LogP contribution in [0.25, 0.3) is 0 Å². The summed E-state index contributed by atoms with van der Waals surface area (Å²) in [4.78, 5) is 0. The van der Waals surface area contributed by atoms with Crippen molar-refractivity contribution < 1.29 is 5.11 Å². The quantitative estimate of drug-likeness (QED) is 0.470. The Hall–Kier alpha value is -0.960. The monoisotopic (exact) mass is 150 g/mol. The van der Waals surface area contributed by atoms with Crippen molar-refractivity contribution in [2.24, 2.45) is 0 Å². The van der Waals surface area contributed by atoms with E-state index in [1.165, 1.54) is 0 Å². The lowest BCUT2D eigenvalue weighted by Gasteiger charge is -2.12. The molecule has 0 spiro atoms. The molecule has 1 nitrogen and oxygen atoms in total. The van der Waals surface area contributed by atoms with Crippen molar-refractivity contribution in [3.8, 4) is 12.3 Å². The van der Waals surface area contributed by atoms with Crippen LogP contribution in [0, 0.1) is 12.3 Å². The predicted molar refractivity (Wildman–Crippen MR) is 47.0 cm³/mol. The first-order valence-corrected chi connectivity index (χ1v) is 3.55. The number of hydrogen-bond donors (Lipinski definition) is 1. The van der Waals surface area contributed by atoms with Crippen molar-refractivity contribution in [2.45, 2.75) is 32.8 Å². The van der Waals surface area contributed by atoms with Gasteiger partial charge in [-0.05, 0) is 32.4 Å². The Balaban J connectivity index is 4.38. The molecule has 0 radical (unpaired) electrons. The fraction of sp³-hybridized carbons (Fsp3) is 0.500. The fourth-order valence-electron chi connectivity index (χ4n) is 0.557. The van der Waals surface area contributed by atoms with E-state index in [1.54, 1.807) is 13.0 Å². The van der Waals surface area contributed by atoms with E-state index in [9.17, 15) is 5.11 Å². The van der Waals surface area contributed by atoms with Gasteiger partial charge in [-0.15, -0.1) is 18.1 Å². The summed E-state index contributed by atoms with van der Waals surface area (Å²) in [6, 6.07) is 0. The maximum atomic E-state index is 9.49. The Morgan fingerprint density at radius 2 is 2.18 bits per heavy atom. The van der Waals surface area contributed by atoms with E-state index in [4.69, 9.17) is 6.42 Å². The average molecular weight is 150 g/mol. The zero-order valence-corrected chi connectivity index (χ0v) is 7.31. The molecule has 0 saturated carbocycles. The molecule has 1 unspecified atom stereocenters. The molecule has 1 N–H and O–H groups in total. The zero-order valence-electron chi connectivity index (χ0n) is 7.31. The maximum absolute atomic E-state index is 9.49. The molecule has 1 heteroatoms. The summed E-state index contributed by atoms with van der Waals surface area (Å²) in [7, 11) is 0. The second-order valence-corrected chi connectivity index (χ2v) is 3.03. The van der Waals surface area contributed by atoms with Crippen LogP contribution in [-0.2, 0) is 0 Å². The van der Waals surface area contributed by atoms with Gasteiger partial charge >= 0.3 is 0 Å². The Kier molecular flexibility index (Phi) is 3.68. The highest BCUT2D eigenvalue weighted by atomic mass is 16.3. The Labute approximate surface area is 68.4 Å². The Morgan fingerprint density at radius 3 is 2.55 bits per heavy atom. The van der Waals surface area contributed by atoms with Crippen LogP contribution < -0.4 is 0 Å². The van der Waals surface area contributed by atoms with Gasteiger partial charge in [0.2, 0.25) is 0 Å². The van der Waals surface area contributed by atoms with Gasteiger partial charge in [-0.2, -0.15) is 0 Å². The molecule has 0 aliphatic heterocycles. The van der Waals surface area contributed by atoms with Gasteiger partial charge in [0.25, 0.3) is 0 Å². The van der Waals surface area contributed by atoms with Gasteiger partial charge in [-0.25, -0.2) is 0 Å². The number of aliphatic hydroxyl groups is 1. The molecule has 0 aromatic carbocycles. The van der Waals surface area contributed by atoms with Gasteiger partial charge in [0.05, 0.1) is 5.60 Å². The largest absolute Gasteiger partial charge is 0.384 e. The summed E-state index contributed by atoms with van der Waals surface area (Å²) in [5.41, 5.74) is 3.04. The molecule has 11 heavy (non-hydrogen) atoms. The summed E-state index contributed by atoms with van der Waals surface area (Å²) in [5, 5.41) is 9.49. The van der Waals surface area contributed by atoms with Crippen LogP contribution in [0.15, 0.2) is 17.4 Å². The molecule has 0 heterocycles. The summed E-state index contributed by atoms with van der Waals surface area (Å²) in [5.74, 6) is 2.40. The van der Waals surface area contributed by atoms with Crippen LogP contribution in [0.5, 0.6) is 0 Å². The van der Waals surface area contributed by atoms with Crippen LogP contribution in [0.1, 0.15) is 27.2 Å². The topological polar surface area (TPSA) is 20.2 Å². The van der Waals surface area contributed by atoms with Crippen molar-refractivity contribution in [1.82, 2.24) is 0 Å². The summed E-state index contributed by atoms with van der Waals surface area (Å²) in [6.07, 6.45) is 6.98. The van der Waals surface area contributed by atoms with Crippen LogP contribution in [-0.4, -0.2) is 10.7 Å². The van der Waals surface area contributed by atoms with Crippen LogP contribution in [0.3, 0.4) is 0 Å². The first-order valence-electron chi connectivity index (χ1n) is 3.55. The molecule has 0 aliphatic rings. The highest BCUT2D eigenvalue weighted by molar-refractivity contribution is 5.07. The summed E-state index contributed by atoms with van der Waals surface area (Å²) < 4.78 is 0. The highest BCUT2D eigenvalue weighted by Crippen LogP contribution is 2.09. The standard InChI is InChI=1S/C10H14O/c1-5-7-10(4,11)8-6-9(2)3/h1,8,11H,7H2,2-4H3. The zero-order chi connectivity index (χ0) is 8.91. The summed E-state index contributed by atoms with van der Waals surface area (Å²) in [6.45, 7) is 5.51. The minimum Gasteiger partial charge on any atom is -0.384 e. The van der Waals surface area contributed by atoms with E-state index in [0.29, 0.717) is 6.42 Å². The van der Waals surface area contributed by atoms with Crippen LogP contribution >= 0.6 is 0 Å². The van der Waals surface area contributed by atoms with E-state index in [0.717, 1.165) is 5.57 Å². The molecule has 0 aliphatic carbocycles. The van der Waals surface area contributed by atoms with Gasteiger partial charge in [0, 0.05) is 6.42 Å². The molecule has 0 rings (SSSR count). The van der Waals surface area contributed by atoms with Gasteiger partial charge < -0.3 is 5.11 Å². The smallest absolute Gasteiger partial charge is 0.0981 e. The van der Waals surface area contributed by atoms with Gasteiger partial charge in [-0.3, -0.25) is 0 Å². The third kappa shape index (κ3) is 5.48. The second-order valence-electron chi connectivity index (χ2n) is 3.03. The molecule has 1 atom stereocenters. The van der Waals surface area contributed by atoms with Crippen molar-refractivity contribution in [3.63, 3.8) is 0 Å². The van der Waals surface area contributed by atoms with Gasteiger partial charge in [-0.1, -0.05) is 0 Å². The fourth-order valence-corrected chi connectivity index (χ4v) is 0.557. The van der Waals surface area contributed by atoms with Crippen LogP contribution in [0.2, 0.25) is 0 Å². The minimum absolute atomic E-state index is 0.327. The van der Waals surface area contributed by atoms with E-state index in [-0.39, 0.29) is 0 Å². The lowest BCUT2D eigenvalue weighted by Crippen LogP contribution is -2.18. The molecular weight excluding hydrogens is 136 g/mol. The van der Waals surface area contributed by atoms with Crippen molar-refractivity contribution in [2.75, 3.05) is 0 Å². The third-order valence-corrected chi connectivity index (χ3v) is 1.13. The molecule has 0 amide bonds. The van der Waals surface area contributed by atoms with E-state index in [2.05, 4.69) is 11.7 Å². The van der Waals surface area contributed by atoms with E-state index < -0.39 is 5.60 Å². The second kappa shape index (κ2) is 4.03. The normalized spacial score (nSPS) is 14.1. The third-order valence-electron chi connectivity index (χ3n) is 1.13. The Morgan fingerprint density at radius 1 is 1.64 bits per heavy atom. The number of rotatable bonds is 2. The molecule has 0 aromatic rings. The first kappa shape index (κ1) is 10.0. The number of hydrogen-bond acceptors (Lipinski definition) is 1. The highest BCUT2D eigenvalue weighted by Gasteiger charge is 2.13. The maximum Gasteiger partial charge on any atom is 0.0981 e. The molecule has 60 valence electrons. The van der Waals surface area contributed by atoms with Gasteiger partial charge in [0.15, 0.2) is 0 Å². The summed E-state index contributed by atoms with van der Waals surface area (Å²) >= 11 is 0. The molecule has 0 aromatic heterocycles. The van der Waals surface area contributed by atoms with Gasteiger partial charge in [0.1, 0.15) is 0 Å². The average Bonchev–Trinajstić information content (AvgIpc) is 1.84. The van der Waals surface area contributed by atoms with E-state index in [1.807, 2.05) is 13.8 Å². The van der Waals surface area contributed by atoms with Crippen LogP contribution in [0.4, 0.5) is 0 Å². The Bertz CT molecular complexity index is 218.